The van der Waals surface area contributed by atoms with E-state index in [1.54, 1.807) is 6.07 Å². The quantitative estimate of drug-likeness (QED) is 0.841. The molecule has 0 atom stereocenters. The maximum Gasteiger partial charge on any atom is 0.188 e. The summed E-state index contributed by atoms with van der Waals surface area (Å²) in [5, 5.41) is 9.08. The summed E-state index contributed by atoms with van der Waals surface area (Å²) in [5.41, 5.74) is 4.95. The van der Waals surface area contributed by atoms with Gasteiger partial charge in [0.1, 0.15) is 6.61 Å². The Labute approximate surface area is 154 Å². The molecular weight excluding hydrogens is 326 g/mol. The summed E-state index contributed by atoms with van der Waals surface area (Å²) in [6, 6.07) is 13.9. The molecule has 0 aromatic heterocycles. The summed E-state index contributed by atoms with van der Waals surface area (Å²) in [7, 11) is 0. The molecule has 0 amide bonds. The van der Waals surface area contributed by atoms with Gasteiger partial charge in [0.15, 0.2) is 11.6 Å². The van der Waals surface area contributed by atoms with Gasteiger partial charge in [-0.1, -0.05) is 50.2 Å². The summed E-state index contributed by atoms with van der Waals surface area (Å²) in [4.78, 5) is 26.2. The zero-order chi connectivity index (χ0) is 18.7. The summed E-state index contributed by atoms with van der Waals surface area (Å²) in [5.74, 6) is 0.390. The molecule has 2 aromatic rings. The van der Waals surface area contributed by atoms with Crippen molar-refractivity contribution < 1.29 is 14.7 Å². The van der Waals surface area contributed by atoms with Crippen LogP contribution in [-0.2, 0) is 24.3 Å². The Hall–Kier alpha value is -2.30. The van der Waals surface area contributed by atoms with Gasteiger partial charge in [-0.3, -0.25) is 14.5 Å². The number of hydrogen-bond acceptors (Lipinski definition) is 4. The number of Topliss-reactive ketones (excluding diaryl/α,β-unsaturated/α-hetero) is 2. The third kappa shape index (κ3) is 4.26. The van der Waals surface area contributed by atoms with Gasteiger partial charge >= 0.3 is 0 Å². The lowest BCUT2D eigenvalue weighted by Gasteiger charge is -2.20. The minimum absolute atomic E-state index is 0.184. The van der Waals surface area contributed by atoms with E-state index in [9.17, 15) is 9.59 Å². The Balaban J connectivity index is 1.81. The normalized spacial score (nSPS) is 15.0. The maximum absolute atomic E-state index is 12.3. The highest BCUT2D eigenvalue weighted by molar-refractivity contribution is 5.97. The van der Waals surface area contributed by atoms with Crippen LogP contribution in [0.5, 0.6) is 0 Å². The molecule has 0 unspecified atom stereocenters. The predicted octanol–water partition coefficient (Wildman–Crippen LogP) is 3.11. The van der Waals surface area contributed by atoms with Gasteiger partial charge in [-0.15, -0.1) is 0 Å². The highest BCUT2D eigenvalue weighted by Crippen LogP contribution is 2.22. The fraction of sp³-hybridized carbons (Fsp3) is 0.364. The fourth-order valence-electron chi connectivity index (χ4n) is 3.40. The van der Waals surface area contributed by atoms with Crippen LogP contribution in [0.4, 0.5) is 0 Å². The molecule has 0 saturated carbocycles. The van der Waals surface area contributed by atoms with Crippen LogP contribution in [0.25, 0.3) is 0 Å². The highest BCUT2D eigenvalue weighted by atomic mass is 16.3. The number of benzene rings is 2. The molecule has 136 valence electrons. The molecule has 0 radical (unpaired) electrons. The van der Waals surface area contributed by atoms with Crippen LogP contribution < -0.4 is 0 Å². The van der Waals surface area contributed by atoms with E-state index in [4.69, 9.17) is 5.11 Å². The second-order valence-corrected chi connectivity index (χ2v) is 7.32. The van der Waals surface area contributed by atoms with Crippen LogP contribution in [0.3, 0.4) is 0 Å². The molecule has 1 heterocycles. The molecule has 1 aliphatic rings. The molecule has 3 rings (SSSR count). The van der Waals surface area contributed by atoms with Crippen LogP contribution in [0, 0.1) is 0 Å². The van der Waals surface area contributed by atoms with Crippen molar-refractivity contribution in [1.82, 2.24) is 4.90 Å². The summed E-state index contributed by atoms with van der Waals surface area (Å²) in [6.45, 7) is 5.57. The Morgan fingerprint density at radius 3 is 2.46 bits per heavy atom. The number of hydrogen-bond donors (Lipinski definition) is 1. The van der Waals surface area contributed by atoms with Crippen LogP contribution in [0.2, 0.25) is 0 Å². The van der Waals surface area contributed by atoms with Crippen molar-refractivity contribution in [2.45, 2.75) is 39.3 Å². The van der Waals surface area contributed by atoms with Crippen LogP contribution in [0.15, 0.2) is 42.5 Å². The first-order chi connectivity index (χ1) is 12.5. The Bertz CT molecular complexity index is 809. The minimum atomic E-state index is -0.496. The SMILES string of the molecule is CC(C)c1ccc(CN2CC(=O)Cc3ccc(C(=O)CO)cc3C2)cc1. The van der Waals surface area contributed by atoms with Gasteiger partial charge in [-0.2, -0.15) is 0 Å². The lowest BCUT2D eigenvalue weighted by molar-refractivity contribution is -0.119. The molecule has 0 bridgehead atoms. The van der Waals surface area contributed by atoms with E-state index in [0.29, 0.717) is 37.5 Å². The van der Waals surface area contributed by atoms with Crippen LogP contribution >= 0.6 is 0 Å². The van der Waals surface area contributed by atoms with Crippen LogP contribution in [-0.4, -0.2) is 34.7 Å². The van der Waals surface area contributed by atoms with Gasteiger partial charge in [0.25, 0.3) is 0 Å². The van der Waals surface area contributed by atoms with E-state index < -0.39 is 6.61 Å². The molecule has 1 aliphatic heterocycles. The summed E-state index contributed by atoms with van der Waals surface area (Å²) < 4.78 is 0. The average Bonchev–Trinajstić information content (AvgIpc) is 2.78. The largest absolute Gasteiger partial charge is 0.388 e. The summed E-state index contributed by atoms with van der Waals surface area (Å²) >= 11 is 0. The number of aliphatic hydroxyl groups is 1. The Morgan fingerprint density at radius 1 is 1.08 bits per heavy atom. The van der Waals surface area contributed by atoms with Crippen molar-refractivity contribution in [1.29, 1.82) is 0 Å². The second-order valence-electron chi connectivity index (χ2n) is 7.32. The lowest BCUT2D eigenvalue weighted by Crippen LogP contribution is -2.27. The third-order valence-corrected chi connectivity index (χ3v) is 4.91. The number of carbonyl (C=O) groups excluding carboxylic acids is 2. The molecule has 2 aromatic carbocycles. The summed E-state index contributed by atoms with van der Waals surface area (Å²) in [6.07, 6.45) is 0.395. The lowest BCUT2D eigenvalue weighted by atomic mass is 9.99. The first kappa shape index (κ1) is 18.5. The predicted molar refractivity (Wildman–Crippen MR) is 101 cm³/mol. The fourth-order valence-corrected chi connectivity index (χ4v) is 3.40. The Kier molecular flexibility index (Phi) is 5.64. The zero-order valence-corrected chi connectivity index (χ0v) is 15.4. The molecule has 4 heteroatoms. The van der Waals surface area contributed by atoms with E-state index in [1.165, 1.54) is 11.1 Å². The maximum atomic E-state index is 12.3. The number of nitrogens with zero attached hydrogens (tertiary/aromatic N) is 1. The molecular formula is C22H25NO3. The van der Waals surface area contributed by atoms with Crippen molar-refractivity contribution in [3.8, 4) is 0 Å². The number of ketones is 2. The molecule has 0 fully saturated rings. The van der Waals surface area contributed by atoms with Crippen molar-refractivity contribution in [2.24, 2.45) is 0 Å². The van der Waals surface area contributed by atoms with Gasteiger partial charge < -0.3 is 5.11 Å². The zero-order valence-electron chi connectivity index (χ0n) is 15.4. The van der Waals surface area contributed by atoms with Gasteiger partial charge in [0.2, 0.25) is 0 Å². The number of rotatable bonds is 5. The first-order valence-corrected chi connectivity index (χ1v) is 9.05. The standard InChI is InChI=1S/C22H25NO3/c1-15(2)17-5-3-16(4-6-17)11-23-12-20-9-19(22(26)14-24)8-7-18(20)10-21(25)13-23/h3-9,15,24H,10-14H2,1-2H3. The van der Waals surface area contributed by atoms with Gasteiger partial charge in [0, 0.05) is 25.1 Å². The highest BCUT2D eigenvalue weighted by Gasteiger charge is 2.21. The van der Waals surface area contributed by atoms with E-state index in [1.807, 2.05) is 12.1 Å². The number of carbonyl (C=O) groups is 2. The second kappa shape index (κ2) is 7.94. The van der Waals surface area contributed by atoms with E-state index in [2.05, 4.69) is 43.0 Å². The molecule has 4 nitrogen and oxygen atoms in total. The van der Waals surface area contributed by atoms with Gasteiger partial charge in [-0.05, 0) is 34.2 Å². The first-order valence-electron chi connectivity index (χ1n) is 9.05. The molecule has 0 aliphatic carbocycles. The molecule has 26 heavy (non-hydrogen) atoms. The number of aliphatic hydroxyl groups excluding tert-OH is 1. The number of fused-ring (bicyclic) bond motifs is 1. The van der Waals surface area contributed by atoms with Crippen molar-refractivity contribution in [2.75, 3.05) is 13.2 Å². The molecule has 0 spiro atoms. The van der Waals surface area contributed by atoms with E-state index >= 15 is 0 Å². The van der Waals surface area contributed by atoms with E-state index in [0.717, 1.165) is 11.1 Å². The van der Waals surface area contributed by atoms with E-state index in [-0.39, 0.29) is 11.6 Å². The van der Waals surface area contributed by atoms with Gasteiger partial charge in [-0.25, -0.2) is 0 Å². The smallest absolute Gasteiger partial charge is 0.188 e. The van der Waals surface area contributed by atoms with Gasteiger partial charge in [0.05, 0.1) is 6.54 Å². The third-order valence-electron chi connectivity index (χ3n) is 4.91. The van der Waals surface area contributed by atoms with Crippen molar-refractivity contribution >= 4 is 11.6 Å². The minimum Gasteiger partial charge on any atom is -0.388 e. The average molecular weight is 351 g/mol. The monoisotopic (exact) mass is 351 g/mol. The van der Waals surface area contributed by atoms with Crippen molar-refractivity contribution in [3.05, 3.63) is 70.3 Å². The molecule has 0 saturated heterocycles. The topological polar surface area (TPSA) is 57.6 Å². The molecule has 1 N–H and O–H groups in total. The Morgan fingerprint density at radius 2 is 1.81 bits per heavy atom. The van der Waals surface area contributed by atoms with Crippen LogP contribution in [0.1, 0.15) is 52.4 Å². The van der Waals surface area contributed by atoms with Crippen molar-refractivity contribution in [3.63, 3.8) is 0 Å².